The maximum atomic E-state index is 13.3. The number of hydrogen-bond donors (Lipinski definition) is 1. The molecule has 0 saturated heterocycles. The second-order valence-electron chi connectivity index (χ2n) is 8.86. The van der Waals surface area contributed by atoms with Crippen molar-refractivity contribution in [3.63, 3.8) is 0 Å². The van der Waals surface area contributed by atoms with Crippen molar-refractivity contribution in [1.82, 2.24) is 4.90 Å². The van der Waals surface area contributed by atoms with Crippen molar-refractivity contribution in [2.45, 2.75) is 38.9 Å². The lowest BCUT2D eigenvalue weighted by Crippen LogP contribution is -2.43. The van der Waals surface area contributed by atoms with Crippen molar-refractivity contribution >= 4 is 35.9 Å². The van der Waals surface area contributed by atoms with Gasteiger partial charge in [0.15, 0.2) is 5.78 Å². The second-order valence-corrected chi connectivity index (χ2v) is 14.5. The molecular formula is C23H30BrNO4Si. The van der Waals surface area contributed by atoms with Crippen LogP contribution in [0.25, 0.3) is 0 Å². The van der Waals surface area contributed by atoms with Crippen LogP contribution in [-0.2, 0) is 0 Å². The molecule has 0 aliphatic rings. The monoisotopic (exact) mass is 491 g/mol. The molecule has 0 saturated carbocycles. The highest BCUT2D eigenvalue weighted by Gasteiger charge is 2.39. The molecule has 0 aliphatic heterocycles. The zero-order valence-electron chi connectivity index (χ0n) is 18.5. The third kappa shape index (κ3) is 5.59. The molecule has 5 nitrogen and oxygen atoms in total. The Hall–Kier alpha value is -1.96. The summed E-state index contributed by atoms with van der Waals surface area (Å²) in [4.78, 5) is 27.5. The van der Waals surface area contributed by atoms with E-state index in [0.29, 0.717) is 26.9 Å². The van der Waals surface area contributed by atoms with Gasteiger partial charge >= 0.3 is 0 Å². The van der Waals surface area contributed by atoms with E-state index in [2.05, 4.69) is 49.8 Å². The summed E-state index contributed by atoms with van der Waals surface area (Å²) in [5, 5.41) is 9.18. The Morgan fingerprint density at radius 2 is 1.77 bits per heavy atom. The van der Waals surface area contributed by atoms with Crippen LogP contribution in [0, 0.1) is 0 Å². The number of nitrogens with zero attached hydrogens (tertiary/aromatic N) is 1. The average Bonchev–Trinajstić information content (AvgIpc) is 2.66. The highest BCUT2D eigenvalue weighted by atomic mass is 79.9. The van der Waals surface area contributed by atoms with Gasteiger partial charge in [-0.05, 0) is 48.5 Å². The normalized spacial score (nSPS) is 11.9. The largest absolute Gasteiger partial charge is 0.543 e. The molecule has 0 bridgehead atoms. The van der Waals surface area contributed by atoms with Gasteiger partial charge in [-0.2, -0.15) is 0 Å². The molecule has 1 N–H and O–H groups in total. The highest BCUT2D eigenvalue weighted by molar-refractivity contribution is 9.10. The molecule has 2 rings (SSSR count). The van der Waals surface area contributed by atoms with Crippen molar-refractivity contribution in [3.8, 4) is 5.75 Å². The number of rotatable bonds is 7. The minimum atomic E-state index is -2.05. The van der Waals surface area contributed by atoms with Gasteiger partial charge in [0.05, 0.1) is 12.2 Å². The van der Waals surface area contributed by atoms with E-state index in [4.69, 9.17) is 9.53 Å². The van der Waals surface area contributed by atoms with Crippen molar-refractivity contribution < 1.29 is 19.1 Å². The molecule has 30 heavy (non-hydrogen) atoms. The minimum absolute atomic E-state index is 0.0373. The van der Waals surface area contributed by atoms with E-state index >= 15 is 0 Å². The molecule has 0 heterocycles. The Labute approximate surface area is 188 Å². The lowest BCUT2D eigenvalue weighted by Gasteiger charge is -2.36. The molecule has 0 unspecified atom stereocenters. The van der Waals surface area contributed by atoms with E-state index in [1.807, 2.05) is 6.07 Å². The maximum Gasteiger partial charge on any atom is 0.254 e. The third-order valence-electron chi connectivity index (χ3n) is 5.51. The van der Waals surface area contributed by atoms with Gasteiger partial charge in [0.25, 0.3) is 5.91 Å². The molecule has 0 radical (unpaired) electrons. The third-order valence-corrected chi connectivity index (χ3v) is 10.4. The molecule has 7 heteroatoms. The van der Waals surface area contributed by atoms with Crippen LogP contribution in [0.2, 0.25) is 18.1 Å². The van der Waals surface area contributed by atoms with Crippen LogP contribution in [-0.4, -0.2) is 50.2 Å². The summed E-state index contributed by atoms with van der Waals surface area (Å²) in [6.45, 7) is 10.8. The zero-order chi connectivity index (χ0) is 22.7. The van der Waals surface area contributed by atoms with Gasteiger partial charge in [0.2, 0.25) is 8.32 Å². The summed E-state index contributed by atoms with van der Waals surface area (Å²) in [7, 11) is -0.446. The molecule has 162 valence electrons. The number of carbonyl (C=O) groups is 2. The summed E-state index contributed by atoms with van der Waals surface area (Å²) in [5.41, 5.74) is 1.07. The fourth-order valence-corrected chi connectivity index (χ4v) is 4.04. The topological polar surface area (TPSA) is 66.8 Å². The number of benzene rings is 2. The van der Waals surface area contributed by atoms with Crippen molar-refractivity contribution in [1.29, 1.82) is 0 Å². The smallest absolute Gasteiger partial charge is 0.254 e. The Morgan fingerprint density at radius 1 is 1.10 bits per heavy atom. The first kappa shape index (κ1) is 24.3. The standard InChI is InChI=1S/C23H30BrNO4Si/c1-23(2,3)30(5,6)29-18-9-7-8-16(14-18)21(27)19-11-10-17(24)15-20(19)22(28)25(4)12-13-26/h7-11,14-15,26H,12-13H2,1-6H3. The molecule has 1 amide bonds. The lowest BCUT2D eigenvalue weighted by atomic mass is 9.97. The van der Waals surface area contributed by atoms with Gasteiger partial charge in [0, 0.05) is 29.2 Å². The molecule has 0 fully saturated rings. The quantitative estimate of drug-likeness (QED) is 0.430. The number of amides is 1. The van der Waals surface area contributed by atoms with Crippen LogP contribution >= 0.6 is 15.9 Å². The fourth-order valence-electron chi connectivity index (χ4n) is 2.65. The van der Waals surface area contributed by atoms with Gasteiger partial charge in [0.1, 0.15) is 5.75 Å². The molecular weight excluding hydrogens is 462 g/mol. The van der Waals surface area contributed by atoms with E-state index in [-0.39, 0.29) is 29.9 Å². The van der Waals surface area contributed by atoms with Gasteiger partial charge in [-0.25, -0.2) is 0 Å². The molecule has 2 aromatic rings. The first-order valence-electron chi connectivity index (χ1n) is 9.87. The highest BCUT2D eigenvalue weighted by Crippen LogP contribution is 2.37. The van der Waals surface area contributed by atoms with Gasteiger partial charge in [-0.1, -0.05) is 48.8 Å². The summed E-state index contributed by atoms with van der Waals surface area (Å²) >= 11 is 3.37. The van der Waals surface area contributed by atoms with Crippen molar-refractivity contribution in [2.24, 2.45) is 0 Å². The summed E-state index contributed by atoms with van der Waals surface area (Å²) in [6, 6.07) is 12.2. The first-order chi connectivity index (χ1) is 13.9. The van der Waals surface area contributed by atoms with Crippen molar-refractivity contribution in [2.75, 3.05) is 20.2 Å². The van der Waals surface area contributed by atoms with Crippen LogP contribution in [0.4, 0.5) is 0 Å². The zero-order valence-corrected chi connectivity index (χ0v) is 21.0. The van der Waals surface area contributed by atoms with E-state index in [1.165, 1.54) is 4.90 Å². The summed E-state index contributed by atoms with van der Waals surface area (Å²) < 4.78 is 7.04. The van der Waals surface area contributed by atoms with Crippen LogP contribution in [0.3, 0.4) is 0 Å². The molecule has 0 aliphatic carbocycles. The minimum Gasteiger partial charge on any atom is -0.543 e. The fraction of sp³-hybridized carbons (Fsp3) is 0.391. The van der Waals surface area contributed by atoms with Crippen LogP contribution in [0.15, 0.2) is 46.9 Å². The predicted molar refractivity (Wildman–Crippen MR) is 126 cm³/mol. The number of aliphatic hydroxyl groups is 1. The van der Waals surface area contributed by atoms with E-state index in [1.54, 1.807) is 43.4 Å². The number of hydrogen-bond acceptors (Lipinski definition) is 4. The van der Waals surface area contributed by atoms with E-state index in [9.17, 15) is 9.59 Å². The first-order valence-corrected chi connectivity index (χ1v) is 13.6. The predicted octanol–water partition coefficient (Wildman–Crippen LogP) is 5.13. The Morgan fingerprint density at radius 3 is 2.37 bits per heavy atom. The molecule has 0 aromatic heterocycles. The molecule has 0 atom stereocenters. The second kappa shape index (κ2) is 9.45. The Balaban J connectivity index is 2.41. The number of likely N-dealkylation sites (N-methyl/N-ethyl adjacent to an activating group) is 1. The van der Waals surface area contributed by atoms with Crippen LogP contribution < -0.4 is 4.43 Å². The van der Waals surface area contributed by atoms with Gasteiger partial charge in [-0.3, -0.25) is 9.59 Å². The van der Waals surface area contributed by atoms with Crippen molar-refractivity contribution in [3.05, 3.63) is 63.6 Å². The maximum absolute atomic E-state index is 13.3. The Kier molecular flexibility index (Phi) is 7.66. The van der Waals surface area contributed by atoms with Gasteiger partial charge < -0.3 is 14.4 Å². The summed E-state index contributed by atoms with van der Waals surface area (Å²) in [6.07, 6.45) is 0. The summed E-state index contributed by atoms with van der Waals surface area (Å²) in [5.74, 6) is 0.0983. The SMILES string of the molecule is CN(CCO)C(=O)c1cc(Br)ccc1C(=O)c1cccc(O[Si](C)(C)C(C)(C)C)c1. The van der Waals surface area contributed by atoms with Crippen LogP contribution in [0.5, 0.6) is 5.75 Å². The lowest BCUT2D eigenvalue weighted by molar-refractivity contribution is 0.0762. The van der Waals surface area contributed by atoms with E-state index in [0.717, 1.165) is 0 Å². The average molecular weight is 492 g/mol. The number of halogens is 1. The number of aliphatic hydroxyl groups excluding tert-OH is 1. The Bertz CT molecular complexity index is 937. The molecule has 2 aromatic carbocycles. The number of ketones is 1. The van der Waals surface area contributed by atoms with Crippen LogP contribution in [0.1, 0.15) is 47.1 Å². The van der Waals surface area contributed by atoms with E-state index < -0.39 is 8.32 Å². The molecule has 0 spiro atoms. The van der Waals surface area contributed by atoms with Gasteiger partial charge in [-0.15, -0.1) is 0 Å². The number of carbonyl (C=O) groups excluding carboxylic acids is 2.